The van der Waals surface area contributed by atoms with E-state index in [1.165, 1.54) is 38.5 Å². The van der Waals surface area contributed by atoms with Crippen molar-refractivity contribution in [2.75, 3.05) is 6.54 Å². The minimum absolute atomic E-state index is 0.0417. The molecule has 20 heavy (non-hydrogen) atoms. The van der Waals surface area contributed by atoms with Crippen LogP contribution in [-0.4, -0.2) is 24.5 Å². The lowest BCUT2D eigenvalue weighted by atomic mass is 9.69. The molecule has 1 heterocycles. The number of hydrogen-bond acceptors (Lipinski definition) is 2. The molecule has 2 N–H and O–H groups in total. The van der Waals surface area contributed by atoms with E-state index in [4.69, 9.17) is 0 Å². The highest BCUT2D eigenvalue weighted by Crippen LogP contribution is 2.38. The second-order valence-electron chi connectivity index (χ2n) is 7.73. The van der Waals surface area contributed by atoms with E-state index in [1.807, 2.05) is 0 Å². The Kier molecular flexibility index (Phi) is 5.48. The van der Waals surface area contributed by atoms with Crippen molar-refractivity contribution in [3.05, 3.63) is 0 Å². The van der Waals surface area contributed by atoms with Crippen molar-refractivity contribution in [2.45, 2.75) is 84.2 Å². The molecule has 116 valence electrons. The molecule has 3 heteroatoms. The normalized spacial score (nSPS) is 32.5. The summed E-state index contributed by atoms with van der Waals surface area (Å²) in [7, 11) is 0. The SMILES string of the molecule is CC(C)(C)C1CCCCC1NC(=O)C1CCCCCN1. The fraction of sp³-hybridized carbons (Fsp3) is 0.941. The molecule has 1 saturated heterocycles. The molecule has 2 aliphatic rings. The van der Waals surface area contributed by atoms with E-state index < -0.39 is 0 Å². The lowest BCUT2D eigenvalue weighted by Gasteiger charge is -2.41. The van der Waals surface area contributed by atoms with E-state index >= 15 is 0 Å². The third kappa shape index (κ3) is 4.21. The van der Waals surface area contributed by atoms with Gasteiger partial charge in [0.25, 0.3) is 0 Å². The van der Waals surface area contributed by atoms with Crippen molar-refractivity contribution in [2.24, 2.45) is 11.3 Å². The van der Waals surface area contributed by atoms with Crippen molar-refractivity contribution in [1.29, 1.82) is 0 Å². The highest BCUT2D eigenvalue weighted by Gasteiger charge is 2.35. The third-order valence-corrected chi connectivity index (χ3v) is 5.08. The first-order chi connectivity index (χ1) is 9.48. The summed E-state index contributed by atoms with van der Waals surface area (Å²) in [5.74, 6) is 0.860. The predicted octanol–water partition coefficient (Wildman–Crippen LogP) is 3.24. The maximum absolute atomic E-state index is 12.5. The molecule has 0 aromatic rings. The van der Waals surface area contributed by atoms with Crippen molar-refractivity contribution < 1.29 is 4.79 Å². The summed E-state index contributed by atoms with van der Waals surface area (Å²) in [5.41, 5.74) is 0.287. The number of rotatable bonds is 2. The van der Waals surface area contributed by atoms with Gasteiger partial charge in [-0.05, 0) is 43.6 Å². The van der Waals surface area contributed by atoms with Crippen LogP contribution < -0.4 is 10.6 Å². The molecule has 1 aliphatic heterocycles. The van der Waals surface area contributed by atoms with E-state index in [-0.39, 0.29) is 17.4 Å². The van der Waals surface area contributed by atoms with Gasteiger partial charge in [-0.3, -0.25) is 4.79 Å². The van der Waals surface area contributed by atoms with Gasteiger partial charge in [-0.1, -0.05) is 46.5 Å². The minimum atomic E-state index is 0.0417. The quantitative estimate of drug-likeness (QED) is 0.815. The Balaban J connectivity index is 1.93. The lowest BCUT2D eigenvalue weighted by Crippen LogP contribution is -2.52. The van der Waals surface area contributed by atoms with Crippen LogP contribution in [0.15, 0.2) is 0 Å². The van der Waals surface area contributed by atoms with Gasteiger partial charge in [0, 0.05) is 6.04 Å². The Morgan fingerprint density at radius 3 is 2.45 bits per heavy atom. The van der Waals surface area contributed by atoms with Crippen molar-refractivity contribution >= 4 is 5.91 Å². The number of hydrogen-bond donors (Lipinski definition) is 2. The van der Waals surface area contributed by atoms with Crippen LogP contribution >= 0.6 is 0 Å². The van der Waals surface area contributed by atoms with Gasteiger partial charge in [-0.15, -0.1) is 0 Å². The second-order valence-corrected chi connectivity index (χ2v) is 7.73. The van der Waals surface area contributed by atoms with Crippen LogP contribution in [0.5, 0.6) is 0 Å². The number of amides is 1. The Hall–Kier alpha value is -0.570. The van der Waals surface area contributed by atoms with Crippen molar-refractivity contribution in [3.8, 4) is 0 Å². The molecule has 2 fully saturated rings. The van der Waals surface area contributed by atoms with E-state index in [0.717, 1.165) is 19.4 Å². The number of carbonyl (C=O) groups excluding carboxylic acids is 1. The fourth-order valence-corrected chi connectivity index (χ4v) is 3.88. The van der Waals surface area contributed by atoms with Crippen LogP contribution in [0.3, 0.4) is 0 Å². The van der Waals surface area contributed by atoms with Gasteiger partial charge in [-0.2, -0.15) is 0 Å². The zero-order valence-corrected chi connectivity index (χ0v) is 13.5. The molecular weight excluding hydrogens is 248 g/mol. The number of nitrogens with one attached hydrogen (secondary N) is 2. The first-order valence-electron chi connectivity index (χ1n) is 8.52. The third-order valence-electron chi connectivity index (χ3n) is 5.08. The fourth-order valence-electron chi connectivity index (χ4n) is 3.88. The van der Waals surface area contributed by atoms with Crippen LogP contribution in [0.2, 0.25) is 0 Å². The van der Waals surface area contributed by atoms with Crippen LogP contribution in [-0.2, 0) is 4.79 Å². The monoisotopic (exact) mass is 280 g/mol. The van der Waals surface area contributed by atoms with Gasteiger partial charge in [0.1, 0.15) is 0 Å². The molecule has 0 bridgehead atoms. The summed E-state index contributed by atoms with van der Waals surface area (Å²) in [5, 5.41) is 6.78. The van der Waals surface area contributed by atoms with E-state index in [1.54, 1.807) is 0 Å². The maximum atomic E-state index is 12.5. The zero-order chi connectivity index (χ0) is 14.6. The molecule has 3 unspecified atom stereocenters. The van der Waals surface area contributed by atoms with E-state index in [0.29, 0.717) is 12.0 Å². The summed E-state index contributed by atoms with van der Waals surface area (Å²) in [6.45, 7) is 7.93. The molecule has 3 atom stereocenters. The average molecular weight is 280 g/mol. The van der Waals surface area contributed by atoms with E-state index in [2.05, 4.69) is 31.4 Å². The average Bonchev–Trinajstić information content (AvgIpc) is 2.67. The molecular formula is C17H32N2O. The van der Waals surface area contributed by atoms with E-state index in [9.17, 15) is 4.79 Å². The molecule has 2 rings (SSSR count). The summed E-state index contributed by atoms with van der Waals surface area (Å²) < 4.78 is 0. The van der Waals surface area contributed by atoms with Crippen LogP contribution in [0, 0.1) is 11.3 Å². The Bertz CT molecular complexity index is 313. The smallest absolute Gasteiger partial charge is 0.237 e. The van der Waals surface area contributed by atoms with Gasteiger partial charge in [-0.25, -0.2) is 0 Å². The Labute approximate surface area is 124 Å². The summed E-state index contributed by atoms with van der Waals surface area (Å²) in [6.07, 6.45) is 9.62. The van der Waals surface area contributed by atoms with Crippen LogP contribution in [0.4, 0.5) is 0 Å². The van der Waals surface area contributed by atoms with Crippen molar-refractivity contribution in [1.82, 2.24) is 10.6 Å². The summed E-state index contributed by atoms with van der Waals surface area (Å²) in [4.78, 5) is 12.5. The molecule has 1 saturated carbocycles. The topological polar surface area (TPSA) is 41.1 Å². The molecule has 0 aromatic heterocycles. The minimum Gasteiger partial charge on any atom is -0.352 e. The Morgan fingerprint density at radius 2 is 1.70 bits per heavy atom. The van der Waals surface area contributed by atoms with Crippen LogP contribution in [0.1, 0.15) is 72.1 Å². The van der Waals surface area contributed by atoms with Gasteiger partial charge in [0.15, 0.2) is 0 Å². The lowest BCUT2D eigenvalue weighted by molar-refractivity contribution is -0.125. The summed E-state index contributed by atoms with van der Waals surface area (Å²) >= 11 is 0. The summed E-state index contributed by atoms with van der Waals surface area (Å²) in [6, 6.07) is 0.418. The molecule has 3 nitrogen and oxygen atoms in total. The van der Waals surface area contributed by atoms with Gasteiger partial charge in [0.2, 0.25) is 5.91 Å². The molecule has 0 radical (unpaired) electrons. The first kappa shape index (κ1) is 15.8. The van der Waals surface area contributed by atoms with Gasteiger partial charge < -0.3 is 10.6 Å². The standard InChI is InChI=1S/C17H32N2O/c1-17(2,3)13-9-6-7-10-14(13)19-16(20)15-11-5-4-8-12-18-15/h13-15,18H,4-12H2,1-3H3,(H,19,20). The highest BCUT2D eigenvalue weighted by atomic mass is 16.2. The molecule has 0 spiro atoms. The molecule has 1 amide bonds. The van der Waals surface area contributed by atoms with Gasteiger partial charge in [0.05, 0.1) is 6.04 Å². The molecule has 0 aromatic carbocycles. The Morgan fingerprint density at radius 1 is 1.00 bits per heavy atom. The zero-order valence-electron chi connectivity index (χ0n) is 13.5. The van der Waals surface area contributed by atoms with Gasteiger partial charge >= 0.3 is 0 Å². The highest BCUT2D eigenvalue weighted by molar-refractivity contribution is 5.82. The second kappa shape index (κ2) is 6.93. The largest absolute Gasteiger partial charge is 0.352 e. The number of carbonyl (C=O) groups is 1. The predicted molar refractivity (Wildman–Crippen MR) is 83.6 cm³/mol. The maximum Gasteiger partial charge on any atom is 0.237 e. The molecule has 1 aliphatic carbocycles. The first-order valence-corrected chi connectivity index (χ1v) is 8.52. The van der Waals surface area contributed by atoms with Crippen LogP contribution in [0.25, 0.3) is 0 Å². The van der Waals surface area contributed by atoms with Crippen molar-refractivity contribution in [3.63, 3.8) is 0 Å².